The first-order valence-corrected chi connectivity index (χ1v) is 6.38. The summed E-state index contributed by atoms with van der Waals surface area (Å²) in [5.41, 5.74) is 0.234. The molecule has 2 atom stereocenters. The zero-order chi connectivity index (χ0) is 12.6. The van der Waals surface area contributed by atoms with Crippen molar-refractivity contribution in [3.63, 3.8) is 0 Å². The minimum Gasteiger partial charge on any atom is -0.379 e. The molecule has 2 rings (SSSR count). The van der Waals surface area contributed by atoms with Crippen LogP contribution >= 0.6 is 15.9 Å². The van der Waals surface area contributed by atoms with E-state index in [1.807, 2.05) is 7.05 Å². The van der Waals surface area contributed by atoms with Crippen LogP contribution in [0.5, 0.6) is 0 Å². The zero-order valence-electron chi connectivity index (χ0n) is 9.80. The summed E-state index contributed by atoms with van der Waals surface area (Å²) < 4.78 is 27.1. The third-order valence-corrected chi connectivity index (χ3v) is 3.86. The molecule has 17 heavy (non-hydrogen) atoms. The van der Waals surface area contributed by atoms with Crippen LogP contribution in [0, 0.1) is 11.6 Å². The number of rotatable bonds is 2. The molecule has 1 aromatic rings. The third kappa shape index (κ3) is 2.77. The number of halogens is 3. The molecule has 1 aromatic carbocycles. The van der Waals surface area contributed by atoms with Crippen LogP contribution < -0.4 is 5.32 Å². The lowest BCUT2D eigenvalue weighted by atomic mass is 10.2. The molecule has 0 amide bonds. The lowest BCUT2D eigenvalue weighted by Gasteiger charge is -2.15. The highest BCUT2D eigenvalue weighted by molar-refractivity contribution is 9.10. The lowest BCUT2D eigenvalue weighted by molar-refractivity contribution is 0.330. The number of nitrogens with zero attached hydrogens (tertiary/aromatic N) is 1. The largest absolute Gasteiger partial charge is 0.379 e. The second-order valence-electron chi connectivity index (χ2n) is 4.61. The summed E-state index contributed by atoms with van der Waals surface area (Å²) in [5.74, 6) is -0.881. The smallest absolute Gasteiger partial charge is 0.147 e. The van der Waals surface area contributed by atoms with Gasteiger partial charge in [0, 0.05) is 24.7 Å². The van der Waals surface area contributed by atoms with Crippen molar-refractivity contribution in [2.45, 2.75) is 25.4 Å². The number of benzene rings is 1. The molecule has 0 aliphatic carbocycles. The van der Waals surface area contributed by atoms with Gasteiger partial charge in [0.25, 0.3) is 0 Å². The van der Waals surface area contributed by atoms with Gasteiger partial charge in [0.1, 0.15) is 11.6 Å². The molecule has 0 aromatic heterocycles. The summed E-state index contributed by atoms with van der Waals surface area (Å²) in [6, 6.07) is 2.99. The quantitative estimate of drug-likeness (QED) is 0.844. The van der Waals surface area contributed by atoms with Gasteiger partial charge in [-0.25, -0.2) is 8.78 Å². The Labute approximate surface area is 108 Å². The Bertz CT molecular complexity index is 415. The number of anilines is 1. The van der Waals surface area contributed by atoms with E-state index in [-0.39, 0.29) is 16.2 Å². The fourth-order valence-electron chi connectivity index (χ4n) is 2.15. The molecule has 0 radical (unpaired) electrons. The van der Waals surface area contributed by atoms with E-state index in [1.54, 1.807) is 0 Å². The van der Waals surface area contributed by atoms with Gasteiger partial charge >= 0.3 is 0 Å². The van der Waals surface area contributed by atoms with Crippen LogP contribution in [0.25, 0.3) is 0 Å². The Balaban J connectivity index is 2.12. The topological polar surface area (TPSA) is 15.3 Å². The molecule has 0 bridgehead atoms. The number of likely N-dealkylation sites (N-methyl/N-ethyl adjacent to an activating group) is 1. The molecule has 1 fully saturated rings. The highest BCUT2D eigenvalue weighted by Crippen LogP contribution is 2.26. The first-order chi connectivity index (χ1) is 7.97. The molecule has 0 saturated carbocycles. The van der Waals surface area contributed by atoms with Crippen molar-refractivity contribution in [1.82, 2.24) is 4.90 Å². The van der Waals surface area contributed by atoms with Crippen LogP contribution in [0.2, 0.25) is 0 Å². The van der Waals surface area contributed by atoms with Gasteiger partial charge in [-0.15, -0.1) is 0 Å². The first-order valence-electron chi connectivity index (χ1n) is 5.58. The summed E-state index contributed by atoms with van der Waals surface area (Å²) in [6.07, 6.45) is 0.938. The molecule has 94 valence electrons. The SMILES string of the molecule is CC1CC(Nc2cc(F)c(Br)cc2F)CN1C. The van der Waals surface area contributed by atoms with Crippen molar-refractivity contribution < 1.29 is 8.78 Å². The molecule has 1 N–H and O–H groups in total. The minimum absolute atomic E-state index is 0.150. The summed E-state index contributed by atoms with van der Waals surface area (Å²) in [4.78, 5) is 2.20. The number of likely N-dealkylation sites (tertiary alicyclic amines) is 1. The summed E-state index contributed by atoms with van der Waals surface area (Å²) in [7, 11) is 2.03. The second kappa shape index (κ2) is 4.90. The fraction of sp³-hybridized carbons (Fsp3) is 0.500. The van der Waals surface area contributed by atoms with Crippen LogP contribution in [0.1, 0.15) is 13.3 Å². The van der Waals surface area contributed by atoms with Crippen LogP contribution in [0.3, 0.4) is 0 Å². The van der Waals surface area contributed by atoms with Crippen molar-refractivity contribution in [2.24, 2.45) is 0 Å². The van der Waals surface area contributed by atoms with Gasteiger partial charge in [0.05, 0.1) is 10.2 Å². The number of hydrogen-bond donors (Lipinski definition) is 1. The van der Waals surface area contributed by atoms with Crippen molar-refractivity contribution in [3.8, 4) is 0 Å². The average Bonchev–Trinajstić information content (AvgIpc) is 2.55. The van der Waals surface area contributed by atoms with E-state index < -0.39 is 11.6 Å². The molecule has 2 nitrogen and oxygen atoms in total. The highest BCUT2D eigenvalue weighted by Gasteiger charge is 2.26. The molecule has 1 aliphatic heterocycles. The average molecular weight is 305 g/mol. The van der Waals surface area contributed by atoms with Crippen molar-refractivity contribution in [2.75, 3.05) is 18.9 Å². The molecular weight excluding hydrogens is 290 g/mol. The van der Waals surface area contributed by atoms with Gasteiger partial charge < -0.3 is 10.2 Å². The van der Waals surface area contributed by atoms with Crippen LogP contribution in [-0.2, 0) is 0 Å². The predicted octanol–water partition coefficient (Wildman–Crippen LogP) is 3.23. The maximum absolute atomic E-state index is 13.6. The Kier molecular flexibility index (Phi) is 3.68. The molecule has 1 aliphatic rings. The van der Waals surface area contributed by atoms with Crippen LogP contribution in [-0.4, -0.2) is 30.6 Å². The Morgan fingerprint density at radius 3 is 2.65 bits per heavy atom. The van der Waals surface area contributed by atoms with Crippen molar-refractivity contribution in [3.05, 3.63) is 28.2 Å². The molecule has 5 heteroatoms. The second-order valence-corrected chi connectivity index (χ2v) is 5.47. The number of hydrogen-bond acceptors (Lipinski definition) is 2. The van der Waals surface area contributed by atoms with E-state index in [0.717, 1.165) is 19.0 Å². The summed E-state index contributed by atoms with van der Waals surface area (Å²) in [6.45, 7) is 2.97. The maximum atomic E-state index is 13.6. The Hall–Kier alpha value is -0.680. The molecule has 1 heterocycles. The van der Waals surface area contributed by atoms with Gasteiger partial charge in [-0.3, -0.25) is 0 Å². The van der Waals surface area contributed by atoms with E-state index in [1.165, 1.54) is 6.07 Å². The fourth-order valence-corrected chi connectivity index (χ4v) is 2.47. The Morgan fingerprint density at radius 2 is 2.06 bits per heavy atom. The van der Waals surface area contributed by atoms with Crippen molar-refractivity contribution in [1.29, 1.82) is 0 Å². The lowest BCUT2D eigenvalue weighted by Crippen LogP contribution is -2.25. The Morgan fingerprint density at radius 1 is 1.35 bits per heavy atom. The van der Waals surface area contributed by atoms with E-state index in [0.29, 0.717) is 6.04 Å². The third-order valence-electron chi connectivity index (χ3n) is 3.26. The summed E-state index contributed by atoms with van der Waals surface area (Å²) >= 11 is 2.96. The standard InChI is InChI=1S/C12H15BrF2N2/c1-7-3-8(6-17(7)2)16-12-5-10(14)9(13)4-11(12)15/h4-5,7-8,16H,3,6H2,1-2H3. The summed E-state index contributed by atoms with van der Waals surface area (Å²) in [5, 5.41) is 3.06. The molecular formula is C12H15BrF2N2. The van der Waals surface area contributed by atoms with Gasteiger partial charge in [0.2, 0.25) is 0 Å². The van der Waals surface area contributed by atoms with E-state index in [9.17, 15) is 8.78 Å². The zero-order valence-corrected chi connectivity index (χ0v) is 11.4. The first kappa shape index (κ1) is 12.8. The molecule has 2 unspecified atom stereocenters. The van der Waals surface area contributed by atoms with E-state index in [4.69, 9.17) is 0 Å². The highest BCUT2D eigenvalue weighted by atomic mass is 79.9. The predicted molar refractivity (Wildman–Crippen MR) is 68.2 cm³/mol. The van der Waals surface area contributed by atoms with Gasteiger partial charge in [-0.05, 0) is 42.4 Å². The molecule has 0 spiro atoms. The normalized spacial score (nSPS) is 25.2. The van der Waals surface area contributed by atoms with E-state index >= 15 is 0 Å². The monoisotopic (exact) mass is 304 g/mol. The van der Waals surface area contributed by atoms with Crippen LogP contribution in [0.4, 0.5) is 14.5 Å². The van der Waals surface area contributed by atoms with Gasteiger partial charge in [-0.2, -0.15) is 0 Å². The van der Waals surface area contributed by atoms with Gasteiger partial charge in [0.15, 0.2) is 0 Å². The van der Waals surface area contributed by atoms with Crippen LogP contribution in [0.15, 0.2) is 16.6 Å². The van der Waals surface area contributed by atoms with E-state index in [2.05, 4.69) is 33.1 Å². The maximum Gasteiger partial charge on any atom is 0.147 e. The minimum atomic E-state index is -0.451. The number of nitrogens with one attached hydrogen (secondary N) is 1. The van der Waals surface area contributed by atoms with Crippen molar-refractivity contribution >= 4 is 21.6 Å². The van der Waals surface area contributed by atoms with Gasteiger partial charge in [-0.1, -0.05) is 0 Å². The molecule has 1 saturated heterocycles.